The van der Waals surface area contributed by atoms with E-state index in [1.807, 2.05) is 42.5 Å². The second-order valence-corrected chi connectivity index (χ2v) is 8.20. The molecule has 0 radical (unpaired) electrons. The Balaban J connectivity index is 1.25. The maximum atomic E-state index is 12.7. The van der Waals surface area contributed by atoms with Crippen LogP contribution in [-0.4, -0.2) is 54.8 Å². The molecule has 31 heavy (non-hydrogen) atoms. The second-order valence-electron chi connectivity index (χ2n) is 8.20. The van der Waals surface area contributed by atoms with Crippen LogP contribution in [0, 0.1) is 0 Å². The first-order chi connectivity index (χ1) is 15.0. The Hall–Kier alpha value is -3.19. The van der Waals surface area contributed by atoms with Gasteiger partial charge in [-0.3, -0.25) is 19.3 Å². The van der Waals surface area contributed by atoms with Crippen LogP contribution >= 0.6 is 0 Å². The number of hydrogen-bond donors (Lipinski definition) is 2. The minimum atomic E-state index is -0.0793. The number of nitrogens with one attached hydrogen (secondary N) is 2. The van der Waals surface area contributed by atoms with E-state index in [1.54, 1.807) is 17.9 Å². The fraction of sp³-hybridized carbons (Fsp3) is 0.375. The van der Waals surface area contributed by atoms with Gasteiger partial charge in [-0.05, 0) is 55.2 Å². The summed E-state index contributed by atoms with van der Waals surface area (Å²) >= 11 is 0. The summed E-state index contributed by atoms with van der Waals surface area (Å²) in [6.45, 7) is 4.13. The van der Waals surface area contributed by atoms with Gasteiger partial charge in [-0.1, -0.05) is 18.2 Å². The average Bonchev–Trinajstić information content (AvgIpc) is 3.19. The predicted molar refractivity (Wildman–Crippen MR) is 120 cm³/mol. The van der Waals surface area contributed by atoms with Gasteiger partial charge in [-0.2, -0.15) is 0 Å². The molecule has 1 fully saturated rings. The van der Waals surface area contributed by atoms with Gasteiger partial charge in [-0.15, -0.1) is 0 Å². The smallest absolute Gasteiger partial charge is 0.251 e. The third kappa shape index (κ3) is 5.11. The van der Waals surface area contributed by atoms with E-state index >= 15 is 0 Å². The van der Waals surface area contributed by atoms with Crippen molar-refractivity contribution < 1.29 is 14.4 Å². The van der Waals surface area contributed by atoms with Crippen molar-refractivity contribution in [1.82, 2.24) is 10.2 Å². The quantitative estimate of drug-likeness (QED) is 0.779. The van der Waals surface area contributed by atoms with Gasteiger partial charge in [0, 0.05) is 49.5 Å². The van der Waals surface area contributed by atoms with Crippen LogP contribution in [-0.2, 0) is 16.0 Å². The Morgan fingerprint density at radius 2 is 1.74 bits per heavy atom. The summed E-state index contributed by atoms with van der Waals surface area (Å²) in [7, 11) is 0. The van der Waals surface area contributed by atoms with Crippen LogP contribution in [0.3, 0.4) is 0 Å². The maximum absolute atomic E-state index is 12.7. The lowest BCUT2D eigenvalue weighted by atomic mass is 10.0. The molecular formula is C24H28N4O3. The van der Waals surface area contributed by atoms with Gasteiger partial charge >= 0.3 is 0 Å². The monoisotopic (exact) mass is 420 g/mol. The van der Waals surface area contributed by atoms with Crippen molar-refractivity contribution in [2.45, 2.75) is 32.2 Å². The van der Waals surface area contributed by atoms with Crippen molar-refractivity contribution in [2.75, 3.05) is 36.4 Å². The molecule has 2 aliphatic rings. The molecule has 7 nitrogen and oxygen atoms in total. The minimum absolute atomic E-state index is 0.0218. The molecule has 0 unspecified atom stereocenters. The fourth-order valence-corrected chi connectivity index (χ4v) is 4.30. The van der Waals surface area contributed by atoms with Crippen LogP contribution in [0.4, 0.5) is 11.4 Å². The molecule has 2 heterocycles. The highest BCUT2D eigenvalue weighted by molar-refractivity contribution is 5.98. The predicted octanol–water partition coefficient (Wildman–Crippen LogP) is 2.43. The number of likely N-dealkylation sites (tertiary alicyclic amines) is 1. The van der Waals surface area contributed by atoms with Crippen LogP contribution in [0.15, 0.2) is 48.5 Å². The minimum Gasteiger partial charge on any atom is -0.349 e. The number of para-hydroxylation sites is 1. The van der Waals surface area contributed by atoms with E-state index in [-0.39, 0.29) is 23.8 Å². The molecule has 2 N–H and O–H groups in total. The van der Waals surface area contributed by atoms with Crippen molar-refractivity contribution in [1.29, 1.82) is 0 Å². The highest BCUT2D eigenvalue weighted by atomic mass is 16.2. The number of anilines is 2. The van der Waals surface area contributed by atoms with Crippen molar-refractivity contribution in [3.8, 4) is 0 Å². The lowest BCUT2D eigenvalue weighted by Crippen LogP contribution is -2.46. The molecule has 1 saturated heterocycles. The lowest BCUT2D eigenvalue weighted by molar-refractivity contribution is -0.118. The molecule has 7 heteroatoms. The summed E-state index contributed by atoms with van der Waals surface area (Å²) in [4.78, 5) is 40.5. The van der Waals surface area contributed by atoms with E-state index < -0.39 is 0 Å². The SMILES string of the molecule is CC(=O)N1CCc2cc(C(=O)NC3CCN(CC(=O)Nc4ccccc4)CC3)ccc21. The first-order valence-corrected chi connectivity index (χ1v) is 10.8. The van der Waals surface area contributed by atoms with Crippen molar-refractivity contribution in [2.24, 2.45) is 0 Å². The van der Waals surface area contributed by atoms with Gasteiger partial charge in [-0.25, -0.2) is 0 Å². The summed E-state index contributed by atoms with van der Waals surface area (Å²) < 4.78 is 0. The zero-order valence-electron chi connectivity index (χ0n) is 17.8. The number of amides is 3. The summed E-state index contributed by atoms with van der Waals surface area (Å²) in [5, 5.41) is 6.04. The normalized spacial score (nSPS) is 16.6. The molecule has 0 bridgehead atoms. The average molecular weight is 421 g/mol. The topological polar surface area (TPSA) is 81.8 Å². The van der Waals surface area contributed by atoms with Crippen LogP contribution in [0.1, 0.15) is 35.7 Å². The number of rotatable bonds is 5. The first-order valence-electron chi connectivity index (χ1n) is 10.8. The Morgan fingerprint density at radius 1 is 1.00 bits per heavy atom. The van der Waals surface area contributed by atoms with E-state index in [2.05, 4.69) is 15.5 Å². The Labute approximate surface area is 182 Å². The van der Waals surface area contributed by atoms with Crippen molar-refractivity contribution >= 4 is 29.1 Å². The van der Waals surface area contributed by atoms with Crippen LogP contribution in [0.5, 0.6) is 0 Å². The summed E-state index contributed by atoms with van der Waals surface area (Å²) in [5.41, 5.74) is 3.39. The number of fused-ring (bicyclic) bond motifs is 1. The molecule has 2 aromatic carbocycles. The number of nitrogens with zero attached hydrogens (tertiary/aromatic N) is 2. The highest BCUT2D eigenvalue weighted by Gasteiger charge is 2.25. The standard InChI is InChI=1S/C24H28N4O3/c1-17(29)28-14-9-18-15-19(7-8-22(18)28)24(31)26-21-10-12-27(13-11-21)16-23(30)25-20-5-3-2-4-6-20/h2-8,15,21H,9-14,16H2,1H3,(H,25,30)(H,26,31). The van der Waals surface area contributed by atoms with Gasteiger partial charge < -0.3 is 15.5 Å². The second kappa shape index (κ2) is 9.31. The molecule has 0 saturated carbocycles. The van der Waals surface area contributed by atoms with Gasteiger partial charge in [0.1, 0.15) is 0 Å². The number of carbonyl (C=O) groups excluding carboxylic acids is 3. The molecule has 0 atom stereocenters. The Morgan fingerprint density at radius 3 is 2.45 bits per heavy atom. The molecular weight excluding hydrogens is 392 g/mol. The van der Waals surface area contributed by atoms with Crippen LogP contribution < -0.4 is 15.5 Å². The van der Waals surface area contributed by atoms with Crippen molar-refractivity contribution in [3.63, 3.8) is 0 Å². The largest absolute Gasteiger partial charge is 0.349 e. The van der Waals surface area contributed by atoms with Gasteiger partial charge in [0.05, 0.1) is 6.54 Å². The highest BCUT2D eigenvalue weighted by Crippen LogP contribution is 2.29. The summed E-state index contributed by atoms with van der Waals surface area (Å²) in [6, 6.07) is 15.1. The van der Waals surface area contributed by atoms with Crippen molar-refractivity contribution in [3.05, 3.63) is 59.7 Å². The number of benzene rings is 2. The summed E-state index contributed by atoms with van der Waals surface area (Å²) in [5.74, 6) is -0.0732. The third-order valence-corrected chi connectivity index (χ3v) is 5.96. The molecule has 0 aromatic heterocycles. The van der Waals surface area contributed by atoms with Gasteiger partial charge in [0.2, 0.25) is 11.8 Å². The van der Waals surface area contributed by atoms with E-state index in [1.165, 1.54) is 0 Å². The lowest BCUT2D eigenvalue weighted by Gasteiger charge is -2.31. The Bertz CT molecular complexity index is 968. The number of hydrogen-bond acceptors (Lipinski definition) is 4. The molecule has 162 valence electrons. The van der Waals surface area contributed by atoms with Crippen LogP contribution in [0.25, 0.3) is 0 Å². The fourth-order valence-electron chi connectivity index (χ4n) is 4.30. The molecule has 2 aliphatic heterocycles. The number of carbonyl (C=O) groups is 3. The number of piperidine rings is 1. The van der Waals surface area contributed by atoms with Gasteiger partial charge in [0.25, 0.3) is 5.91 Å². The van der Waals surface area contributed by atoms with E-state index in [0.717, 1.165) is 49.3 Å². The zero-order valence-corrected chi connectivity index (χ0v) is 17.8. The molecule has 3 amide bonds. The first kappa shape index (κ1) is 21.1. The van der Waals surface area contributed by atoms with E-state index in [4.69, 9.17) is 0 Å². The Kier molecular flexibility index (Phi) is 6.32. The maximum Gasteiger partial charge on any atom is 0.251 e. The summed E-state index contributed by atoms with van der Waals surface area (Å²) in [6.07, 6.45) is 2.40. The molecule has 0 aliphatic carbocycles. The van der Waals surface area contributed by atoms with E-state index in [0.29, 0.717) is 18.7 Å². The zero-order chi connectivity index (χ0) is 21.8. The molecule has 2 aromatic rings. The molecule has 0 spiro atoms. The third-order valence-electron chi connectivity index (χ3n) is 5.96. The van der Waals surface area contributed by atoms with Crippen LogP contribution in [0.2, 0.25) is 0 Å². The molecule has 4 rings (SSSR count). The van der Waals surface area contributed by atoms with Gasteiger partial charge in [0.15, 0.2) is 0 Å². The van der Waals surface area contributed by atoms with E-state index in [9.17, 15) is 14.4 Å².